The SMILES string of the molecule is CC(C)CN(C[C@@H]1CN(Cc2ccc(F)cc2)CCO1)C(=O)c1ccc2c(c1)OCO2. The Labute approximate surface area is 182 Å². The second-order valence-electron chi connectivity index (χ2n) is 8.53. The summed E-state index contributed by atoms with van der Waals surface area (Å²) in [7, 11) is 0. The highest BCUT2D eigenvalue weighted by molar-refractivity contribution is 5.95. The number of halogens is 1. The number of amides is 1. The van der Waals surface area contributed by atoms with Gasteiger partial charge in [0, 0.05) is 38.3 Å². The van der Waals surface area contributed by atoms with Crippen molar-refractivity contribution in [3.8, 4) is 11.5 Å². The standard InChI is InChI=1S/C24H29FN2O4/c1-17(2)12-27(24(28)19-5-8-22-23(11-19)31-16-30-22)15-21-14-26(9-10-29-21)13-18-3-6-20(25)7-4-18/h3-8,11,17,21H,9-10,12-16H2,1-2H3/t21-/m0/s1. The van der Waals surface area contributed by atoms with Crippen molar-refractivity contribution in [2.45, 2.75) is 26.5 Å². The van der Waals surface area contributed by atoms with Gasteiger partial charge in [0.15, 0.2) is 11.5 Å². The first kappa shape index (κ1) is 21.6. The zero-order valence-electron chi connectivity index (χ0n) is 18.1. The number of carbonyl (C=O) groups excluding carboxylic acids is 1. The molecule has 1 atom stereocenters. The van der Waals surface area contributed by atoms with Crippen LogP contribution in [-0.4, -0.2) is 61.4 Å². The zero-order chi connectivity index (χ0) is 21.8. The quantitative estimate of drug-likeness (QED) is 0.675. The Morgan fingerprint density at radius 2 is 1.94 bits per heavy atom. The molecule has 1 saturated heterocycles. The number of benzene rings is 2. The predicted octanol–water partition coefficient (Wildman–Crippen LogP) is 3.55. The molecule has 2 heterocycles. The van der Waals surface area contributed by atoms with Crippen LogP contribution < -0.4 is 9.47 Å². The number of nitrogens with zero attached hydrogens (tertiary/aromatic N) is 2. The van der Waals surface area contributed by atoms with Crippen molar-refractivity contribution < 1.29 is 23.4 Å². The molecule has 0 aliphatic carbocycles. The van der Waals surface area contributed by atoms with Gasteiger partial charge in [-0.3, -0.25) is 9.69 Å². The third-order valence-electron chi connectivity index (χ3n) is 5.46. The molecule has 31 heavy (non-hydrogen) atoms. The second kappa shape index (κ2) is 9.66. The van der Waals surface area contributed by atoms with Gasteiger partial charge in [-0.25, -0.2) is 4.39 Å². The van der Waals surface area contributed by atoms with Crippen molar-refractivity contribution in [1.29, 1.82) is 0 Å². The maximum atomic E-state index is 13.3. The summed E-state index contributed by atoms with van der Waals surface area (Å²) in [5.74, 6) is 1.34. The Kier molecular flexibility index (Phi) is 6.73. The Morgan fingerprint density at radius 1 is 1.16 bits per heavy atom. The first-order valence-corrected chi connectivity index (χ1v) is 10.8. The topological polar surface area (TPSA) is 51.2 Å². The number of hydrogen-bond donors (Lipinski definition) is 0. The van der Waals surface area contributed by atoms with Gasteiger partial charge < -0.3 is 19.1 Å². The van der Waals surface area contributed by atoms with E-state index in [2.05, 4.69) is 18.7 Å². The van der Waals surface area contributed by atoms with Crippen LogP contribution >= 0.6 is 0 Å². The summed E-state index contributed by atoms with van der Waals surface area (Å²) in [6.45, 7) is 8.43. The molecule has 166 valence electrons. The summed E-state index contributed by atoms with van der Waals surface area (Å²) < 4.78 is 30.0. The average molecular weight is 429 g/mol. The zero-order valence-corrected chi connectivity index (χ0v) is 18.1. The summed E-state index contributed by atoms with van der Waals surface area (Å²) >= 11 is 0. The Hall–Kier alpha value is -2.64. The molecule has 0 unspecified atom stereocenters. The van der Waals surface area contributed by atoms with Gasteiger partial charge in [0.05, 0.1) is 12.7 Å². The molecule has 1 amide bonds. The maximum Gasteiger partial charge on any atom is 0.254 e. The van der Waals surface area contributed by atoms with Crippen LogP contribution in [0.15, 0.2) is 42.5 Å². The molecule has 2 aromatic rings. The van der Waals surface area contributed by atoms with Crippen LogP contribution in [-0.2, 0) is 11.3 Å². The largest absolute Gasteiger partial charge is 0.454 e. The molecule has 0 radical (unpaired) electrons. The fourth-order valence-electron chi connectivity index (χ4n) is 4.02. The molecule has 0 bridgehead atoms. The monoisotopic (exact) mass is 428 g/mol. The lowest BCUT2D eigenvalue weighted by molar-refractivity contribution is -0.0438. The van der Waals surface area contributed by atoms with Gasteiger partial charge in [0.1, 0.15) is 5.82 Å². The van der Waals surface area contributed by atoms with Gasteiger partial charge in [-0.1, -0.05) is 26.0 Å². The van der Waals surface area contributed by atoms with Crippen LogP contribution in [0.1, 0.15) is 29.8 Å². The first-order valence-electron chi connectivity index (χ1n) is 10.8. The number of rotatable bonds is 7. The number of carbonyl (C=O) groups is 1. The molecular weight excluding hydrogens is 399 g/mol. The molecule has 2 aliphatic rings. The lowest BCUT2D eigenvalue weighted by Gasteiger charge is -2.36. The normalized spacial score (nSPS) is 18.4. The van der Waals surface area contributed by atoms with Crippen molar-refractivity contribution >= 4 is 5.91 Å². The minimum atomic E-state index is -0.227. The minimum Gasteiger partial charge on any atom is -0.454 e. The molecule has 0 N–H and O–H groups in total. The van der Waals surface area contributed by atoms with E-state index >= 15 is 0 Å². The van der Waals surface area contributed by atoms with E-state index in [1.54, 1.807) is 18.2 Å². The van der Waals surface area contributed by atoms with E-state index in [0.29, 0.717) is 42.7 Å². The summed E-state index contributed by atoms with van der Waals surface area (Å²) in [6, 6.07) is 11.9. The van der Waals surface area contributed by atoms with Gasteiger partial charge in [0.25, 0.3) is 5.91 Å². The average Bonchev–Trinajstić information content (AvgIpc) is 3.22. The van der Waals surface area contributed by atoms with Gasteiger partial charge in [-0.2, -0.15) is 0 Å². The summed E-state index contributed by atoms with van der Waals surface area (Å²) in [5.41, 5.74) is 1.65. The summed E-state index contributed by atoms with van der Waals surface area (Å²) in [4.78, 5) is 17.4. The molecule has 4 rings (SSSR count). The van der Waals surface area contributed by atoms with E-state index in [4.69, 9.17) is 14.2 Å². The van der Waals surface area contributed by atoms with Gasteiger partial charge >= 0.3 is 0 Å². The lowest BCUT2D eigenvalue weighted by Crippen LogP contribution is -2.49. The highest BCUT2D eigenvalue weighted by Crippen LogP contribution is 2.33. The Bertz CT molecular complexity index is 903. The maximum absolute atomic E-state index is 13.3. The van der Waals surface area contributed by atoms with E-state index < -0.39 is 0 Å². The number of ether oxygens (including phenoxy) is 3. The van der Waals surface area contributed by atoms with E-state index in [9.17, 15) is 9.18 Å². The molecule has 2 aliphatic heterocycles. The van der Waals surface area contributed by atoms with Crippen molar-refractivity contribution in [3.05, 3.63) is 59.4 Å². The molecule has 2 aromatic carbocycles. The van der Waals surface area contributed by atoms with Crippen molar-refractivity contribution in [2.75, 3.05) is 39.6 Å². The summed E-state index contributed by atoms with van der Waals surface area (Å²) in [5, 5.41) is 0. The number of morpholine rings is 1. The highest BCUT2D eigenvalue weighted by atomic mass is 19.1. The Balaban J connectivity index is 1.42. The smallest absolute Gasteiger partial charge is 0.254 e. The molecule has 0 saturated carbocycles. The first-order chi connectivity index (χ1) is 15.0. The van der Waals surface area contributed by atoms with Crippen LogP contribution in [0.25, 0.3) is 0 Å². The summed E-state index contributed by atoms with van der Waals surface area (Å²) in [6.07, 6.45) is -0.0779. The molecule has 1 fully saturated rings. The minimum absolute atomic E-state index is 0.0359. The van der Waals surface area contributed by atoms with Crippen LogP contribution in [0.4, 0.5) is 4.39 Å². The van der Waals surface area contributed by atoms with Crippen molar-refractivity contribution in [1.82, 2.24) is 9.80 Å². The van der Waals surface area contributed by atoms with Crippen LogP contribution in [0.5, 0.6) is 11.5 Å². The predicted molar refractivity (Wildman–Crippen MR) is 115 cm³/mol. The fraction of sp³-hybridized carbons (Fsp3) is 0.458. The lowest BCUT2D eigenvalue weighted by atomic mass is 10.1. The fourth-order valence-corrected chi connectivity index (χ4v) is 4.02. The molecule has 0 spiro atoms. The molecule has 7 heteroatoms. The van der Waals surface area contributed by atoms with Gasteiger partial charge in [-0.15, -0.1) is 0 Å². The van der Waals surface area contributed by atoms with E-state index in [1.807, 2.05) is 17.0 Å². The number of fused-ring (bicyclic) bond motifs is 1. The third-order valence-corrected chi connectivity index (χ3v) is 5.46. The third kappa shape index (κ3) is 5.54. The van der Waals surface area contributed by atoms with Crippen molar-refractivity contribution in [2.24, 2.45) is 5.92 Å². The van der Waals surface area contributed by atoms with Crippen LogP contribution in [0.3, 0.4) is 0 Å². The molecule has 0 aromatic heterocycles. The van der Waals surface area contributed by atoms with Crippen LogP contribution in [0.2, 0.25) is 0 Å². The van der Waals surface area contributed by atoms with E-state index in [-0.39, 0.29) is 24.6 Å². The second-order valence-corrected chi connectivity index (χ2v) is 8.53. The molecule has 6 nitrogen and oxygen atoms in total. The number of hydrogen-bond acceptors (Lipinski definition) is 5. The van der Waals surface area contributed by atoms with E-state index in [0.717, 1.165) is 25.2 Å². The van der Waals surface area contributed by atoms with E-state index in [1.165, 1.54) is 12.1 Å². The molecular formula is C24H29FN2O4. The highest BCUT2D eigenvalue weighted by Gasteiger charge is 2.27. The van der Waals surface area contributed by atoms with Gasteiger partial charge in [-0.05, 0) is 41.8 Å². The van der Waals surface area contributed by atoms with Gasteiger partial charge in [0.2, 0.25) is 6.79 Å². The van der Waals surface area contributed by atoms with Crippen LogP contribution in [0, 0.1) is 11.7 Å². The van der Waals surface area contributed by atoms with Crippen molar-refractivity contribution in [3.63, 3.8) is 0 Å². The Morgan fingerprint density at radius 3 is 2.71 bits per heavy atom.